The first-order valence-corrected chi connectivity index (χ1v) is 7.86. The van der Waals surface area contributed by atoms with Gasteiger partial charge in [0.05, 0.1) is 13.2 Å². The molecule has 124 valence electrons. The fraction of sp³-hybridized carbons (Fsp3) is 0.625. The van der Waals surface area contributed by atoms with Crippen LogP contribution in [-0.2, 0) is 28.7 Å². The van der Waals surface area contributed by atoms with Crippen LogP contribution in [-0.4, -0.2) is 42.4 Å². The van der Waals surface area contributed by atoms with E-state index in [2.05, 4.69) is 5.32 Å². The van der Waals surface area contributed by atoms with E-state index in [1.165, 1.54) is 0 Å². The van der Waals surface area contributed by atoms with Crippen LogP contribution < -0.4 is 5.32 Å². The van der Waals surface area contributed by atoms with E-state index in [-0.39, 0.29) is 13.2 Å². The number of fused-ring (bicyclic) bond motifs is 1. The quantitative estimate of drug-likeness (QED) is 0.342. The molecule has 1 saturated heterocycles. The number of hydrogen-bond donors (Lipinski definition) is 1. The molecule has 0 radical (unpaired) electrons. The highest BCUT2D eigenvalue weighted by molar-refractivity contribution is 6.47. The maximum atomic E-state index is 12.8. The van der Waals surface area contributed by atoms with Gasteiger partial charge in [0.15, 0.2) is 11.0 Å². The summed E-state index contributed by atoms with van der Waals surface area (Å²) in [5.41, 5.74) is -3.55. The third-order valence-corrected chi connectivity index (χ3v) is 5.17. The smallest absolute Gasteiger partial charge is 0.334 e. The molecule has 1 saturated carbocycles. The predicted octanol–water partition coefficient (Wildman–Crippen LogP) is 0.133. The second kappa shape index (κ2) is 5.18. The molecule has 3 aliphatic carbocycles. The normalized spacial score (nSPS) is 37.3. The Morgan fingerprint density at radius 2 is 1.65 bits per heavy atom. The number of rotatable bonds is 4. The Morgan fingerprint density at radius 1 is 1.09 bits per heavy atom. The number of Topliss-reactive ketones (excluding diaryl/α,β-unsaturated/α-hetero) is 1. The highest BCUT2D eigenvalue weighted by Gasteiger charge is 2.80. The van der Waals surface area contributed by atoms with Crippen molar-refractivity contribution < 1.29 is 28.7 Å². The van der Waals surface area contributed by atoms with Crippen molar-refractivity contribution in [2.24, 2.45) is 17.3 Å². The molecule has 4 rings (SSSR count). The van der Waals surface area contributed by atoms with Crippen LogP contribution in [0.15, 0.2) is 12.2 Å². The summed E-state index contributed by atoms with van der Waals surface area (Å²) in [7, 11) is 0. The highest BCUT2D eigenvalue weighted by Crippen LogP contribution is 2.59. The number of hydrogen-bond acceptors (Lipinski definition) is 6. The van der Waals surface area contributed by atoms with E-state index in [0.29, 0.717) is 12.8 Å². The van der Waals surface area contributed by atoms with E-state index in [1.807, 2.05) is 0 Å². The van der Waals surface area contributed by atoms with Crippen molar-refractivity contribution in [3.63, 3.8) is 0 Å². The number of esters is 2. The van der Waals surface area contributed by atoms with Gasteiger partial charge in [-0.3, -0.25) is 14.4 Å². The summed E-state index contributed by atoms with van der Waals surface area (Å²) in [4.78, 5) is 50.5. The zero-order valence-corrected chi connectivity index (χ0v) is 13.1. The van der Waals surface area contributed by atoms with Gasteiger partial charge in [-0.2, -0.15) is 0 Å². The minimum Gasteiger partial charge on any atom is -0.465 e. The summed E-state index contributed by atoms with van der Waals surface area (Å²) in [6.45, 7) is 3.40. The van der Waals surface area contributed by atoms with E-state index in [4.69, 9.17) is 9.47 Å². The SMILES string of the molecule is CCOC(=O)[C@@]12C(=O)C(=O)N[C@]1(C(=O)OCC)[C@@H]1C=C[C@H]2CC1. The summed E-state index contributed by atoms with van der Waals surface area (Å²) >= 11 is 0. The van der Waals surface area contributed by atoms with E-state index < -0.39 is 46.4 Å². The number of allylic oxidation sites excluding steroid dienone is 1. The Balaban J connectivity index is 2.25. The molecule has 1 aliphatic heterocycles. The molecule has 2 bridgehead atoms. The minimum atomic E-state index is -1.86. The van der Waals surface area contributed by atoms with Gasteiger partial charge in [0, 0.05) is 11.8 Å². The van der Waals surface area contributed by atoms with Crippen molar-refractivity contribution in [3.05, 3.63) is 12.2 Å². The fourth-order valence-corrected chi connectivity index (χ4v) is 4.34. The lowest BCUT2D eigenvalue weighted by atomic mass is 9.49. The largest absolute Gasteiger partial charge is 0.465 e. The zero-order valence-electron chi connectivity index (χ0n) is 13.1. The van der Waals surface area contributed by atoms with Crippen molar-refractivity contribution in [3.8, 4) is 0 Å². The second-order valence-corrected chi connectivity index (χ2v) is 6.02. The van der Waals surface area contributed by atoms with E-state index in [9.17, 15) is 19.2 Å². The van der Waals surface area contributed by atoms with Crippen molar-refractivity contribution in [2.75, 3.05) is 13.2 Å². The van der Waals surface area contributed by atoms with Gasteiger partial charge in [0.1, 0.15) is 0 Å². The molecule has 4 aliphatic rings. The summed E-state index contributed by atoms with van der Waals surface area (Å²) in [6, 6.07) is 0. The Kier molecular flexibility index (Phi) is 3.54. The maximum Gasteiger partial charge on any atom is 0.334 e. The lowest BCUT2D eigenvalue weighted by Crippen LogP contribution is -2.72. The molecule has 1 N–H and O–H groups in total. The standard InChI is InChI=1S/C16H19NO6/c1-3-22-13(20)15-9-5-7-10(8-6-9)16(15,14(21)23-4-2)17-12(19)11(15)18/h5,7,9-10H,3-4,6,8H2,1-2H3,(H,17,19)/t9-,10+,15+,16-/m0/s1. The topological polar surface area (TPSA) is 98.8 Å². The second-order valence-electron chi connectivity index (χ2n) is 6.02. The lowest BCUT2D eigenvalue weighted by Gasteiger charge is -2.53. The van der Waals surface area contributed by atoms with Crippen molar-refractivity contribution in [1.29, 1.82) is 0 Å². The molecular weight excluding hydrogens is 302 g/mol. The summed E-state index contributed by atoms with van der Waals surface area (Å²) < 4.78 is 10.3. The molecule has 0 spiro atoms. The summed E-state index contributed by atoms with van der Waals surface area (Å²) in [5.74, 6) is -4.41. The molecule has 0 aromatic carbocycles. The van der Waals surface area contributed by atoms with E-state index in [0.717, 1.165) is 0 Å². The van der Waals surface area contributed by atoms with Crippen molar-refractivity contribution in [1.82, 2.24) is 5.32 Å². The number of carbonyl (C=O) groups is 4. The molecule has 23 heavy (non-hydrogen) atoms. The number of carbonyl (C=O) groups excluding carboxylic acids is 4. The molecule has 0 aromatic heterocycles. The lowest BCUT2D eigenvalue weighted by molar-refractivity contribution is -0.184. The van der Waals surface area contributed by atoms with Crippen LogP contribution in [0.5, 0.6) is 0 Å². The Morgan fingerprint density at radius 3 is 2.22 bits per heavy atom. The van der Waals surface area contributed by atoms with Gasteiger partial charge in [-0.1, -0.05) is 12.2 Å². The molecule has 7 heteroatoms. The Hall–Kier alpha value is -2.18. The van der Waals surface area contributed by atoms with E-state index >= 15 is 0 Å². The highest BCUT2D eigenvalue weighted by atomic mass is 16.5. The van der Waals surface area contributed by atoms with Gasteiger partial charge in [-0.25, -0.2) is 4.79 Å². The van der Waals surface area contributed by atoms with Crippen LogP contribution in [0.3, 0.4) is 0 Å². The monoisotopic (exact) mass is 321 g/mol. The number of ketones is 1. The average molecular weight is 321 g/mol. The van der Waals surface area contributed by atoms with Crippen LogP contribution in [0.1, 0.15) is 26.7 Å². The molecular formula is C16H19NO6. The molecule has 0 aromatic rings. The third kappa shape index (κ3) is 1.65. The Labute approximate surface area is 133 Å². The fourth-order valence-electron chi connectivity index (χ4n) is 4.34. The molecule has 7 nitrogen and oxygen atoms in total. The van der Waals surface area contributed by atoms with Gasteiger partial charge >= 0.3 is 11.9 Å². The number of ether oxygens (including phenoxy) is 2. The number of amides is 1. The molecule has 1 heterocycles. The van der Waals surface area contributed by atoms with Crippen LogP contribution >= 0.6 is 0 Å². The third-order valence-electron chi connectivity index (χ3n) is 5.17. The van der Waals surface area contributed by atoms with Crippen LogP contribution in [0, 0.1) is 17.3 Å². The Bertz CT molecular complexity index is 626. The molecule has 4 atom stereocenters. The number of nitrogens with one attached hydrogen (secondary N) is 1. The molecule has 2 fully saturated rings. The van der Waals surface area contributed by atoms with Gasteiger partial charge in [0.2, 0.25) is 5.78 Å². The first-order valence-electron chi connectivity index (χ1n) is 7.86. The molecule has 0 unspecified atom stereocenters. The molecule has 1 amide bonds. The van der Waals surface area contributed by atoms with E-state index in [1.54, 1.807) is 26.0 Å². The first kappa shape index (κ1) is 15.7. The average Bonchev–Trinajstić information content (AvgIpc) is 2.81. The van der Waals surface area contributed by atoms with Gasteiger partial charge in [0.25, 0.3) is 5.91 Å². The van der Waals surface area contributed by atoms with Crippen LogP contribution in [0.4, 0.5) is 0 Å². The van der Waals surface area contributed by atoms with Crippen LogP contribution in [0.2, 0.25) is 0 Å². The van der Waals surface area contributed by atoms with Crippen molar-refractivity contribution >= 4 is 23.6 Å². The predicted molar refractivity (Wildman–Crippen MR) is 76.9 cm³/mol. The minimum absolute atomic E-state index is 0.0576. The van der Waals surface area contributed by atoms with Gasteiger partial charge in [-0.05, 0) is 26.7 Å². The van der Waals surface area contributed by atoms with Gasteiger partial charge < -0.3 is 14.8 Å². The first-order chi connectivity index (χ1) is 11.0. The van der Waals surface area contributed by atoms with Crippen molar-refractivity contribution in [2.45, 2.75) is 32.2 Å². The van der Waals surface area contributed by atoms with Gasteiger partial charge in [-0.15, -0.1) is 0 Å². The summed E-state index contributed by atoms with van der Waals surface area (Å²) in [6.07, 6.45) is 4.68. The summed E-state index contributed by atoms with van der Waals surface area (Å²) in [5, 5.41) is 2.50. The van der Waals surface area contributed by atoms with Crippen LogP contribution in [0.25, 0.3) is 0 Å². The maximum absolute atomic E-state index is 12.8. The zero-order chi connectivity index (χ0) is 16.8.